The van der Waals surface area contributed by atoms with Crippen LogP contribution in [0.5, 0.6) is 0 Å². The van der Waals surface area contributed by atoms with Crippen LogP contribution < -0.4 is 0 Å². The lowest BCUT2D eigenvalue weighted by Crippen LogP contribution is -2.40. The fraction of sp³-hybridized carbons (Fsp3) is 0.444. The molecule has 1 aliphatic heterocycles. The van der Waals surface area contributed by atoms with E-state index in [4.69, 9.17) is 0 Å². The van der Waals surface area contributed by atoms with E-state index in [9.17, 15) is 4.79 Å². The molecule has 7 heteroatoms. The molecule has 1 fully saturated rings. The number of carbonyl (C=O) groups is 1. The van der Waals surface area contributed by atoms with Gasteiger partial charge in [0.15, 0.2) is 5.65 Å². The zero-order valence-corrected chi connectivity index (χ0v) is 14.5. The highest BCUT2D eigenvalue weighted by atomic mass is 16.2. The predicted octanol–water partition coefficient (Wildman–Crippen LogP) is 2.25. The van der Waals surface area contributed by atoms with Crippen LogP contribution in [0.3, 0.4) is 0 Å². The third-order valence-corrected chi connectivity index (χ3v) is 5.12. The summed E-state index contributed by atoms with van der Waals surface area (Å²) in [4.78, 5) is 19.4. The van der Waals surface area contributed by atoms with Crippen LogP contribution in [0.4, 0.5) is 0 Å². The van der Waals surface area contributed by atoms with E-state index in [-0.39, 0.29) is 11.8 Å². The zero-order valence-electron chi connectivity index (χ0n) is 14.5. The van der Waals surface area contributed by atoms with E-state index in [0.717, 1.165) is 59.6 Å². The van der Waals surface area contributed by atoms with Crippen molar-refractivity contribution in [1.82, 2.24) is 30.3 Å². The van der Waals surface area contributed by atoms with Gasteiger partial charge < -0.3 is 4.90 Å². The van der Waals surface area contributed by atoms with Gasteiger partial charge in [-0.05, 0) is 38.8 Å². The summed E-state index contributed by atoms with van der Waals surface area (Å²) in [7, 11) is 0. The Morgan fingerprint density at radius 1 is 1.32 bits per heavy atom. The van der Waals surface area contributed by atoms with Crippen LogP contribution in [0.25, 0.3) is 11.0 Å². The molecular weight excluding hydrogens is 316 g/mol. The summed E-state index contributed by atoms with van der Waals surface area (Å²) in [6.07, 6.45) is 4.24. The maximum Gasteiger partial charge on any atom is 0.227 e. The van der Waals surface area contributed by atoms with Crippen molar-refractivity contribution in [3.8, 4) is 0 Å². The summed E-state index contributed by atoms with van der Waals surface area (Å²) in [6.45, 7) is 5.44. The molecular formula is C18H22N6O. The first-order valence-electron chi connectivity index (χ1n) is 8.70. The minimum atomic E-state index is 0.167. The molecule has 0 aromatic carbocycles. The molecule has 1 amide bonds. The lowest BCUT2D eigenvalue weighted by atomic mass is 9.93. The summed E-state index contributed by atoms with van der Waals surface area (Å²) in [5.74, 6) is 0.442. The molecule has 25 heavy (non-hydrogen) atoms. The van der Waals surface area contributed by atoms with Gasteiger partial charge in [-0.1, -0.05) is 0 Å². The Morgan fingerprint density at radius 3 is 3.00 bits per heavy atom. The second-order valence-electron chi connectivity index (χ2n) is 6.81. The van der Waals surface area contributed by atoms with E-state index in [0.29, 0.717) is 6.42 Å². The Balaban J connectivity index is 1.49. The number of aromatic amines is 2. The number of carbonyl (C=O) groups excluding carboxylic acids is 1. The Kier molecular flexibility index (Phi) is 3.99. The first kappa shape index (κ1) is 15.8. The maximum absolute atomic E-state index is 12.8. The Labute approximate surface area is 145 Å². The molecule has 0 unspecified atom stereocenters. The molecule has 0 spiro atoms. The van der Waals surface area contributed by atoms with Gasteiger partial charge in [-0.15, -0.1) is 0 Å². The molecule has 0 bridgehead atoms. The van der Waals surface area contributed by atoms with Crippen molar-refractivity contribution in [3.05, 3.63) is 41.0 Å². The molecule has 0 saturated carbocycles. The molecule has 130 valence electrons. The highest BCUT2D eigenvalue weighted by molar-refractivity contribution is 5.79. The number of hydrogen-bond donors (Lipinski definition) is 2. The molecule has 0 aliphatic carbocycles. The number of nitrogens with one attached hydrogen (secondary N) is 2. The molecule has 3 aromatic rings. The topological polar surface area (TPSA) is 90.6 Å². The van der Waals surface area contributed by atoms with E-state index in [1.165, 1.54) is 0 Å². The highest BCUT2D eigenvalue weighted by Crippen LogP contribution is 2.27. The van der Waals surface area contributed by atoms with Crippen molar-refractivity contribution in [3.63, 3.8) is 0 Å². The average Bonchev–Trinajstić information content (AvgIpc) is 3.22. The molecule has 0 radical (unpaired) electrons. The van der Waals surface area contributed by atoms with E-state index >= 15 is 0 Å². The van der Waals surface area contributed by atoms with Crippen LogP contribution in [0.1, 0.15) is 41.4 Å². The van der Waals surface area contributed by atoms with Crippen LogP contribution in [-0.4, -0.2) is 49.3 Å². The summed E-state index contributed by atoms with van der Waals surface area (Å²) in [5.41, 5.74) is 4.75. The van der Waals surface area contributed by atoms with Gasteiger partial charge in [0.05, 0.1) is 18.3 Å². The zero-order chi connectivity index (χ0) is 17.4. The Hall–Kier alpha value is -2.70. The van der Waals surface area contributed by atoms with Crippen LogP contribution >= 0.6 is 0 Å². The van der Waals surface area contributed by atoms with Gasteiger partial charge in [0.2, 0.25) is 5.91 Å². The quantitative estimate of drug-likeness (QED) is 0.766. The number of pyridine rings is 1. The van der Waals surface area contributed by atoms with Crippen LogP contribution in [-0.2, 0) is 11.2 Å². The number of likely N-dealkylation sites (tertiary alicyclic amines) is 1. The first-order valence-corrected chi connectivity index (χ1v) is 8.70. The van der Waals surface area contributed by atoms with Gasteiger partial charge in [-0.25, -0.2) is 4.98 Å². The molecule has 4 rings (SSSR count). The van der Waals surface area contributed by atoms with E-state index in [1.54, 1.807) is 6.20 Å². The molecule has 1 aliphatic rings. The Bertz CT molecular complexity index is 892. The number of rotatable bonds is 3. The number of amides is 1. The van der Waals surface area contributed by atoms with Crippen LogP contribution in [0.2, 0.25) is 0 Å². The van der Waals surface area contributed by atoms with Crippen molar-refractivity contribution in [2.75, 3.05) is 13.1 Å². The number of nitrogens with zero attached hydrogens (tertiary/aromatic N) is 4. The fourth-order valence-corrected chi connectivity index (χ4v) is 3.61. The van der Waals surface area contributed by atoms with Gasteiger partial charge in [0.1, 0.15) is 0 Å². The van der Waals surface area contributed by atoms with Gasteiger partial charge in [0, 0.05) is 41.3 Å². The van der Waals surface area contributed by atoms with E-state index < -0.39 is 0 Å². The summed E-state index contributed by atoms with van der Waals surface area (Å²) < 4.78 is 0. The normalized spacial score (nSPS) is 18.0. The van der Waals surface area contributed by atoms with Crippen molar-refractivity contribution in [2.24, 2.45) is 0 Å². The number of piperidine rings is 1. The van der Waals surface area contributed by atoms with Gasteiger partial charge in [0.25, 0.3) is 0 Å². The molecule has 4 heterocycles. The molecule has 1 atom stereocenters. The van der Waals surface area contributed by atoms with Crippen molar-refractivity contribution < 1.29 is 4.79 Å². The molecule has 1 saturated heterocycles. The second-order valence-corrected chi connectivity index (χ2v) is 6.81. The SMILES string of the molecule is Cc1n[nH]c(C)c1CC(=O)N1CCC[C@H](c2ccc3cn[nH]c3n2)C1. The first-order chi connectivity index (χ1) is 12.1. The standard InChI is InChI=1S/C18H22N6O/c1-11-15(12(2)22-21-11)8-17(25)24-7-3-4-14(10-24)16-6-5-13-9-19-23-18(13)20-16/h5-6,9,14H,3-4,7-8,10H2,1-2H3,(H,21,22)(H,19,20,23)/t14-/m0/s1. The molecule has 7 nitrogen and oxygen atoms in total. The van der Waals surface area contributed by atoms with E-state index in [2.05, 4.69) is 31.4 Å². The smallest absolute Gasteiger partial charge is 0.227 e. The summed E-state index contributed by atoms with van der Waals surface area (Å²) in [5, 5.41) is 15.1. The number of aromatic nitrogens is 5. The Morgan fingerprint density at radius 2 is 2.20 bits per heavy atom. The van der Waals surface area contributed by atoms with Crippen LogP contribution in [0.15, 0.2) is 18.3 Å². The third kappa shape index (κ3) is 3.01. The lowest BCUT2D eigenvalue weighted by molar-refractivity contribution is -0.131. The van der Waals surface area contributed by atoms with Gasteiger partial charge in [-0.3, -0.25) is 15.0 Å². The average molecular weight is 338 g/mol. The lowest BCUT2D eigenvalue weighted by Gasteiger charge is -2.32. The van der Waals surface area contributed by atoms with Crippen molar-refractivity contribution in [2.45, 2.75) is 39.0 Å². The number of aryl methyl sites for hydroxylation is 2. The minimum Gasteiger partial charge on any atom is -0.342 e. The maximum atomic E-state index is 12.8. The molecule has 2 N–H and O–H groups in total. The van der Waals surface area contributed by atoms with Crippen molar-refractivity contribution in [1.29, 1.82) is 0 Å². The van der Waals surface area contributed by atoms with E-state index in [1.807, 2.05) is 24.8 Å². The number of H-pyrrole nitrogens is 2. The van der Waals surface area contributed by atoms with Gasteiger partial charge in [-0.2, -0.15) is 10.2 Å². The monoisotopic (exact) mass is 338 g/mol. The largest absolute Gasteiger partial charge is 0.342 e. The van der Waals surface area contributed by atoms with Crippen molar-refractivity contribution >= 4 is 16.9 Å². The predicted molar refractivity (Wildman–Crippen MR) is 94.2 cm³/mol. The summed E-state index contributed by atoms with van der Waals surface area (Å²) >= 11 is 0. The fourth-order valence-electron chi connectivity index (χ4n) is 3.61. The number of fused-ring (bicyclic) bond motifs is 1. The summed E-state index contributed by atoms with van der Waals surface area (Å²) in [6, 6.07) is 4.10. The molecule has 3 aromatic heterocycles. The van der Waals surface area contributed by atoms with Crippen LogP contribution in [0, 0.1) is 13.8 Å². The van der Waals surface area contributed by atoms with Gasteiger partial charge >= 0.3 is 0 Å². The highest BCUT2D eigenvalue weighted by Gasteiger charge is 2.26. The number of hydrogen-bond acceptors (Lipinski definition) is 4. The second kappa shape index (κ2) is 6.31. The third-order valence-electron chi connectivity index (χ3n) is 5.12. The minimum absolute atomic E-state index is 0.167.